The first-order valence-corrected chi connectivity index (χ1v) is 7.71. The molecule has 1 N–H and O–H groups in total. The second-order valence-corrected chi connectivity index (χ2v) is 5.86. The quantitative estimate of drug-likeness (QED) is 0.676. The SMILES string of the molecule is CCCNC(=O)c1nn(C)c2c1CCCC(=CN(C)C)C2=O. The molecule has 1 amide bonds. The summed E-state index contributed by atoms with van der Waals surface area (Å²) in [6, 6.07) is 0. The van der Waals surface area contributed by atoms with Crippen LogP contribution >= 0.6 is 0 Å². The standard InChI is InChI=1S/C16H24N4O2/c1-5-9-17-16(22)13-12-8-6-7-11(10-19(2)3)15(21)14(12)20(4)18-13/h10H,5-9H2,1-4H3,(H,17,22). The molecule has 1 aromatic heterocycles. The molecule has 1 aromatic rings. The van der Waals surface area contributed by atoms with Crippen LogP contribution in [0.2, 0.25) is 0 Å². The van der Waals surface area contributed by atoms with Gasteiger partial charge in [-0.2, -0.15) is 5.10 Å². The second kappa shape index (κ2) is 6.77. The zero-order valence-corrected chi connectivity index (χ0v) is 13.8. The van der Waals surface area contributed by atoms with Gasteiger partial charge in [0.15, 0.2) is 5.69 Å². The third-order valence-corrected chi connectivity index (χ3v) is 3.69. The maximum Gasteiger partial charge on any atom is 0.272 e. The van der Waals surface area contributed by atoms with E-state index >= 15 is 0 Å². The fourth-order valence-corrected chi connectivity index (χ4v) is 2.75. The van der Waals surface area contributed by atoms with Gasteiger partial charge in [0.05, 0.1) is 0 Å². The summed E-state index contributed by atoms with van der Waals surface area (Å²) in [5.41, 5.74) is 2.49. The van der Waals surface area contributed by atoms with Gasteiger partial charge in [-0.15, -0.1) is 0 Å². The minimum Gasteiger partial charge on any atom is -0.383 e. The van der Waals surface area contributed by atoms with Crippen molar-refractivity contribution < 1.29 is 9.59 Å². The number of aromatic nitrogens is 2. The summed E-state index contributed by atoms with van der Waals surface area (Å²) < 4.78 is 1.55. The molecule has 0 radical (unpaired) electrons. The number of allylic oxidation sites excluding steroid dienone is 1. The largest absolute Gasteiger partial charge is 0.383 e. The summed E-state index contributed by atoms with van der Waals surface area (Å²) in [6.07, 6.45) is 5.01. The molecule has 6 heteroatoms. The van der Waals surface area contributed by atoms with Gasteiger partial charge in [0.2, 0.25) is 5.78 Å². The van der Waals surface area contributed by atoms with Crippen molar-refractivity contribution in [3.05, 3.63) is 28.7 Å². The third-order valence-electron chi connectivity index (χ3n) is 3.69. The lowest BCUT2D eigenvalue weighted by Gasteiger charge is -2.09. The number of nitrogens with one attached hydrogen (secondary N) is 1. The third kappa shape index (κ3) is 3.21. The molecule has 0 aliphatic heterocycles. The number of Topliss-reactive ketones (excluding diaryl/α,β-unsaturated/α-hetero) is 1. The average Bonchev–Trinajstić information content (AvgIpc) is 2.70. The van der Waals surface area contributed by atoms with E-state index in [0.29, 0.717) is 24.4 Å². The van der Waals surface area contributed by atoms with Gasteiger partial charge in [0.1, 0.15) is 5.69 Å². The van der Waals surface area contributed by atoms with Gasteiger partial charge < -0.3 is 10.2 Å². The molecule has 0 spiro atoms. The zero-order chi connectivity index (χ0) is 16.3. The van der Waals surface area contributed by atoms with E-state index in [-0.39, 0.29) is 11.7 Å². The number of fused-ring (bicyclic) bond motifs is 1. The van der Waals surface area contributed by atoms with Gasteiger partial charge in [-0.1, -0.05) is 6.92 Å². The maximum atomic E-state index is 12.8. The van der Waals surface area contributed by atoms with Crippen LogP contribution in [0.3, 0.4) is 0 Å². The molecule has 0 fully saturated rings. The summed E-state index contributed by atoms with van der Waals surface area (Å²) in [5, 5.41) is 7.14. The lowest BCUT2D eigenvalue weighted by molar-refractivity contribution is 0.0946. The van der Waals surface area contributed by atoms with Crippen LogP contribution in [0.1, 0.15) is 52.7 Å². The Kier molecular flexibility index (Phi) is 5.00. The van der Waals surface area contributed by atoms with Crippen molar-refractivity contribution in [3.63, 3.8) is 0 Å². The van der Waals surface area contributed by atoms with Crippen molar-refractivity contribution in [3.8, 4) is 0 Å². The van der Waals surface area contributed by atoms with E-state index < -0.39 is 0 Å². The van der Waals surface area contributed by atoms with Crippen LogP contribution in [0.25, 0.3) is 0 Å². The maximum absolute atomic E-state index is 12.8. The van der Waals surface area contributed by atoms with Gasteiger partial charge in [-0.25, -0.2) is 0 Å². The highest BCUT2D eigenvalue weighted by Gasteiger charge is 2.29. The molecular weight excluding hydrogens is 280 g/mol. The highest BCUT2D eigenvalue weighted by Crippen LogP contribution is 2.26. The van der Waals surface area contributed by atoms with Crippen LogP contribution in [0.4, 0.5) is 0 Å². The summed E-state index contributed by atoms with van der Waals surface area (Å²) in [4.78, 5) is 26.9. The average molecular weight is 304 g/mol. The minimum atomic E-state index is -0.188. The van der Waals surface area contributed by atoms with Crippen LogP contribution in [0, 0.1) is 0 Å². The Morgan fingerprint density at radius 1 is 1.41 bits per heavy atom. The molecule has 1 aliphatic rings. The number of hydrogen-bond donors (Lipinski definition) is 1. The molecule has 2 rings (SSSR count). The van der Waals surface area contributed by atoms with Crippen LogP contribution in [-0.4, -0.2) is 47.0 Å². The van der Waals surface area contributed by atoms with E-state index in [2.05, 4.69) is 10.4 Å². The lowest BCUT2D eigenvalue weighted by Crippen LogP contribution is -2.25. The molecule has 6 nitrogen and oxygen atoms in total. The Balaban J connectivity index is 2.41. The number of ketones is 1. The fraction of sp³-hybridized carbons (Fsp3) is 0.562. The normalized spacial score (nSPS) is 16.4. The molecule has 0 bridgehead atoms. The van der Waals surface area contributed by atoms with E-state index in [0.717, 1.165) is 30.4 Å². The summed E-state index contributed by atoms with van der Waals surface area (Å²) >= 11 is 0. The molecule has 120 valence electrons. The number of carbonyl (C=O) groups is 2. The molecule has 0 unspecified atom stereocenters. The monoisotopic (exact) mass is 304 g/mol. The van der Waals surface area contributed by atoms with E-state index in [4.69, 9.17) is 0 Å². The van der Waals surface area contributed by atoms with Crippen molar-refractivity contribution in [1.82, 2.24) is 20.0 Å². The number of amides is 1. The topological polar surface area (TPSA) is 67.2 Å². The molecule has 1 aliphatic carbocycles. The summed E-state index contributed by atoms with van der Waals surface area (Å²) in [6.45, 7) is 2.62. The number of rotatable bonds is 4. The fourth-order valence-electron chi connectivity index (χ4n) is 2.75. The molecule has 1 heterocycles. The highest BCUT2D eigenvalue weighted by molar-refractivity contribution is 6.10. The van der Waals surface area contributed by atoms with Crippen LogP contribution in [-0.2, 0) is 13.5 Å². The Bertz CT molecular complexity index is 614. The predicted molar refractivity (Wildman–Crippen MR) is 84.9 cm³/mol. The lowest BCUT2D eigenvalue weighted by atomic mass is 10.1. The first-order chi connectivity index (χ1) is 10.5. The van der Waals surface area contributed by atoms with Crippen molar-refractivity contribution in [1.29, 1.82) is 0 Å². The van der Waals surface area contributed by atoms with Gasteiger partial charge in [0.25, 0.3) is 5.91 Å². The molecule has 0 aromatic carbocycles. The second-order valence-electron chi connectivity index (χ2n) is 5.86. The van der Waals surface area contributed by atoms with E-state index in [1.54, 1.807) is 11.7 Å². The van der Waals surface area contributed by atoms with Gasteiger partial charge >= 0.3 is 0 Å². The number of hydrogen-bond acceptors (Lipinski definition) is 4. The summed E-state index contributed by atoms with van der Waals surface area (Å²) in [5.74, 6) is -0.211. The first-order valence-electron chi connectivity index (χ1n) is 7.71. The Labute approximate surface area is 131 Å². The van der Waals surface area contributed by atoms with Crippen LogP contribution in [0.15, 0.2) is 11.8 Å². The molecule has 0 saturated heterocycles. The van der Waals surface area contributed by atoms with Crippen molar-refractivity contribution in [2.45, 2.75) is 32.6 Å². The van der Waals surface area contributed by atoms with E-state index in [9.17, 15) is 9.59 Å². The number of nitrogens with zero attached hydrogens (tertiary/aromatic N) is 3. The Morgan fingerprint density at radius 2 is 2.14 bits per heavy atom. The highest BCUT2D eigenvalue weighted by atomic mass is 16.2. The van der Waals surface area contributed by atoms with Crippen LogP contribution < -0.4 is 5.32 Å². The van der Waals surface area contributed by atoms with Crippen molar-refractivity contribution in [2.24, 2.45) is 7.05 Å². The van der Waals surface area contributed by atoms with E-state index in [1.165, 1.54) is 0 Å². The van der Waals surface area contributed by atoms with Crippen molar-refractivity contribution in [2.75, 3.05) is 20.6 Å². The number of aryl methyl sites for hydroxylation is 1. The number of carbonyl (C=O) groups excluding carboxylic acids is 2. The Morgan fingerprint density at radius 3 is 2.77 bits per heavy atom. The van der Waals surface area contributed by atoms with Gasteiger partial charge in [-0.3, -0.25) is 14.3 Å². The first kappa shape index (κ1) is 16.3. The van der Waals surface area contributed by atoms with Crippen molar-refractivity contribution >= 4 is 11.7 Å². The molecule has 0 atom stereocenters. The molecular formula is C16H24N4O2. The predicted octanol–water partition coefficient (Wildman–Crippen LogP) is 1.52. The summed E-state index contributed by atoms with van der Waals surface area (Å²) in [7, 11) is 5.53. The minimum absolute atomic E-state index is 0.0225. The molecule has 22 heavy (non-hydrogen) atoms. The Hall–Kier alpha value is -2.11. The van der Waals surface area contributed by atoms with E-state index in [1.807, 2.05) is 32.1 Å². The van der Waals surface area contributed by atoms with Crippen LogP contribution in [0.5, 0.6) is 0 Å². The smallest absolute Gasteiger partial charge is 0.272 e. The zero-order valence-electron chi connectivity index (χ0n) is 13.8. The molecule has 0 saturated carbocycles. The van der Waals surface area contributed by atoms with Gasteiger partial charge in [-0.05, 0) is 25.7 Å². The van der Waals surface area contributed by atoms with Gasteiger partial charge in [0, 0.05) is 45.0 Å².